The second-order valence-corrected chi connectivity index (χ2v) is 7.82. The van der Waals surface area contributed by atoms with Crippen molar-refractivity contribution in [3.05, 3.63) is 108 Å². The molecule has 1 saturated heterocycles. The first-order valence-corrected chi connectivity index (χ1v) is 10.9. The molecule has 166 valence electrons. The van der Waals surface area contributed by atoms with Gasteiger partial charge >= 0.3 is 0 Å². The summed E-state index contributed by atoms with van der Waals surface area (Å²) >= 11 is 5.28. The maximum Gasteiger partial charge on any atom is 0.270 e. The minimum Gasteiger partial charge on any atom is -0.457 e. The molecule has 0 atom stereocenters. The number of nitrogens with one attached hydrogen (secondary N) is 1. The summed E-state index contributed by atoms with van der Waals surface area (Å²) in [5.41, 5.74) is 1.32. The Morgan fingerprint density at radius 3 is 2.15 bits per heavy atom. The number of carbonyl (C=O) groups excluding carboxylic acids is 2. The van der Waals surface area contributed by atoms with Gasteiger partial charge in [0.1, 0.15) is 28.6 Å². The van der Waals surface area contributed by atoms with Crippen LogP contribution in [0.15, 0.2) is 107 Å². The van der Waals surface area contributed by atoms with Crippen LogP contribution >= 0.6 is 12.2 Å². The zero-order valence-corrected chi connectivity index (χ0v) is 18.6. The Bertz CT molecular complexity index is 1390. The molecule has 34 heavy (non-hydrogen) atoms. The molecule has 2 heterocycles. The Morgan fingerprint density at radius 2 is 1.44 bits per heavy atom. The number of rotatable bonds is 5. The largest absolute Gasteiger partial charge is 0.457 e. The van der Waals surface area contributed by atoms with Crippen molar-refractivity contribution in [2.75, 3.05) is 4.90 Å². The van der Waals surface area contributed by atoms with Crippen LogP contribution < -0.4 is 15.0 Å². The van der Waals surface area contributed by atoms with Gasteiger partial charge in [-0.25, -0.2) is 0 Å². The van der Waals surface area contributed by atoms with Crippen LogP contribution in [0.3, 0.4) is 0 Å². The zero-order valence-electron chi connectivity index (χ0n) is 17.8. The molecule has 0 radical (unpaired) electrons. The first-order chi connectivity index (χ1) is 16.6. The minimum absolute atomic E-state index is 0.00768. The molecule has 7 heteroatoms. The van der Waals surface area contributed by atoms with Crippen LogP contribution in [0.2, 0.25) is 0 Å². The summed E-state index contributed by atoms with van der Waals surface area (Å²) in [6.45, 7) is 0. The molecule has 6 nitrogen and oxygen atoms in total. The van der Waals surface area contributed by atoms with Crippen LogP contribution in [0.4, 0.5) is 5.69 Å². The lowest BCUT2D eigenvalue weighted by Gasteiger charge is -2.28. The zero-order chi connectivity index (χ0) is 23.5. The van der Waals surface area contributed by atoms with Gasteiger partial charge in [-0.05, 0) is 66.8 Å². The van der Waals surface area contributed by atoms with Gasteiger partial charge in [-0.2, -0.15) is 0 Å². The topological polar surface area (TPSA) is 71.8 Å². The highest BCUT2D eigenvalue weighted by atomic mass is 32.1. The smallest absolute Gasteiger partial charge is 0.270 e. The highest BCUT2D eigenvalue weighted by molar-refractivity contribution is 7.80. The van der Waals surface area contributed by atoms with Crippen molar-refractivity contribution in [2.24, 2.45) is 0 Å². The van der Waals surface area contributed by atoms with Crippen LogP contribution in [0.25, 0.3) is 17.4 Å². The quantitative estimate of drug-likeness (QED) is 0.237. The number of hydrogen-bond acceptors (Lipinski definition) is 5. The summed E-state index contributed by atoms with van der Waals surface area (Å²) in [7, 11) is 0. The molecule has 3 aromatic carbocycles. The predicted octanol–water partition coefficient (Wildman–Crippen LogP) is 5.57. The average Bonchev–Trinajstić information content (AvgIpc) is 3.33. The third-order valence-corrected chi connectivity index (χ3v) is 5.43. The third kappa shape index (κ3) is 4.37. The molecule has 0 aliphatic carbocycles. The van der Waals surface area contributed by atoms with Crippen molar-refractivity contribution >= 4 is 40.9 Å². The molecule has 1 N–H and O–H groups in total. The van der Waals surface area contributed by atoms with Crippen molar-refractivity contribution in [2.45, 2.75) is 0 Å². The SMILES string of the molecule is O=C1NC(=S)N(c2ccc(Oc3ccccc3)cc2)C(=O)C1=Cc1ccc(-c2ccccc2)o1. The van der Waals surface area contributed by atoms with Gasteiger partial charge in [-0.3, -0.25) is 19.8 Å². The molecule has 1 aliphatic rings. The lowest BCUT2D eigenvalue weighted by atomic mass is 10.1. The Kier molecular flexibility index (Phi) is 5.76. The van der Waals surface area contributed by atoms with Crippen molar-refractivity contribution in [3.63, 3.8) is 0 Å². The molecule has 1 aromatic heterocycles. The van der Waals surface area contributed by atoms with E-state index in [1.165, 1.54) is 11.0 Å². The van der Waals surface area contributed by atoms with Gasteiger partial charge in [0.2, 0.25) is 0 Å². The van der Waals surface area contributed by atoms with Gasteiger partial charge in [-0.15, -0.1) is 0 Å². The lowest BCUT2D eigenvalue weighted by molar-refractivity contribution is -0.122. The Morgan fingerprint density at radius 1 is 0.794 bits per heavy atom. The van der Waals surface area contributed by atoms with Crippen LogP contribution in [0, 0.1) is 0 Å². The van der Waals surface area contributed by atoms with Gasteiger partial charge in [0.05, 0.1) is 5.69 Å². The number of anilines is 1. The van der Waals surface area contributed by atoms with Gasteiger partial charge in [-0.1, -0.05) is 48.5 Å². The number of thiocarbonyl (C=S) groups is 1. The van der Waals surface area contributed by atoms with E-state index < -0.39 is 11.8 Å². The van der Waals surface area contributed by atoms with E-state index in [4.69, 9.17) is 21.4 Å². The van der Waals surface area contributed by atoms with E-state index >= 15 is 0 Å². The molecule has 1 fully saturated rings. The normalized spacial score (nSPS) is 14.9. The first kappa shape index (κ1) is 21.4. The summed E-state index contributed by atoms with van der Waals surface area (Å²) in [5.74, 6) is 1.21. The number of amides is 2. The number of benzene rings is 3. The molecule has 0 unspecified atom stereocenters. The van der Waals surface area contributed by atoms with Crippen molar-refractivity contribution < 1.29 is 18.7 Å². The molecule has 0 bridgehead atoms. The summed E-state index contributed by atoms with van der Waals surface area (Å²) in [6.07, 6.45) is 1.42. The Labute approximate surface area is 201 Å². The fourth-order valence-corrected chi connectivity index (χ4v) is 3.79. The van der Waals surface area contributed by atoms with E-state index in [1.807, 2.05) is 60.7 Å². The van der Waals surface area contributed by atoms with Crippen LogP contribution in [-0.2, 0) is 9.59 Å². The van der Waals surface area contributed by atoms with E-state index in [0.29, 0.717) is 28.7 Å². The molecule has 5 rings (SSSR count). The van der Waals surface area contributed by atoms with Crippen LogP contribution in [0.1, 0.15) is 5.76 Å². The Balaban J connectivity index is 1.39. The maximum absolute atomic E-state index is 13.2. The minimum atomic E-state index is -0.576. The van der Waals surface area contributed by atoms with E-state index in [2.05, 4.69) is 5.32 Å². The number of furan rings is 1. The molecule has 0 saturated carbocycles. The summed E-state index contributed by atoms with van der Waals surface area (Å²) in [6, 6.07) is 29.3. The van der Waals surface area contributed by atoms with E-state index in [0.717, 1.165) is 5.56 Å². The van der Waals surface area contributed by atoms with Gasteiger partial charge < -0.3 is 9.15 Å². The summed E-state index contributed by atoms with van der Waals surface area (Å²) in [4.78, 5) is 27.1. The fourth-order valence-electron chi connectivity index (χ4n) is 3.51. The van der Waals surface area contributed by atoms with Gasteiger partial charge in [0.15, 0.2) is 5.11 Å². The van der Waals surface area contributed by atoms with Gasteiger partial charge in [0.25, 0.3) is 11.8 Å². The molecule has 2 amide bonds. The average molecular weight is 467 g/mol. The third-order valence-electron chi connectivity index (χ3n) is 5.15. The number of para-hydroxylation sites is 1. The van der Waals surface area contributed by atoms with Crippen LogP contribution in [0.5, 0.6) is 11.5 Å². The molecular formula is C27H18N2O4S. The van der Waals surface area contributed by atoms with Crippen LogP contribution in [-0.4, -0.2) is 16.9 Å². The molecule has 1 aliphatic heterocycles. The second kappa shape index (κ2) is 9.17. The monoisotopic (exact) mass is 466 g/mol. The van der Waals surface area contributed by atoms with Crippen molar-refractivity contribution in [1.29, 1.82) is 0 Å². The first-order valence-electron chi connectivity index (χ1n) is 10.5. The predicted molar refractivity (Wildman–Crippen MR) is 133 cm³/mol. The fraction of sp³-hybridized carbons (Fsp3) is 0. The lowest BCUT2D eigenvalue weighted by Crippen LogP contribution is -2.54. The van der Waals surface area contributed by atoms with Gasteiger partial charge in [0, 0.05) is 5.56 Å². The number of carbonyl (C=O) groups is 2. The van der Waals surface area contributed by atoms with E-state index in [9.17, 15) is 9.59 Å². The molecule has 4 aromatic rings. The molecular weight excluding hydrogens is 448 g/mol. The number of hydrogen-bond donors (Lipinski definition) is 1. The summed E-state index contributed by atoms with van der Waals surface area (Å²) in [5, 5.41) is 2.59. The highest BCUT2D eigenvalue weighted by Gasteiger charge is 2.34. The van der Waals surface area contributed by atoms with Crippen molar-refractivity contribution in [3.8, 4) is 22.8 Å². The second-order valence-electron chi connectivity index (χ2n) is 7.43. The molecule has 0 spiro atoms. The Hall–Kier alpha value is -4.49. The van der Waals surface area contributed by atoms with E-state index in [1.54, 1.807) is 36.4 Å². The number of ether oxygens (including phenoxy) is 1. The highest BCUT2D eigenvalue weighted by Crippen LogP contribution is 2.28. The maximum atomic E-state index is 13.2. The van der Waals surface area contributed by atoms with Crippen molar-refractivity contribution in [1.82, 2.24) is 5.32 Å². The summed E-state index contributed by atoms with van der Waals surface area (Å²) < 4.78 is 11.6. The number of nitrogens with zero attached hydrogens (tertiary/aromatic N) is 1. The standard InChI is InChI=1S/C27H18N2O4S/c30-25-23(17-22-15-16-24(33-22)18-7-3-1-4-8-18)26(31)29(27(34)28-25)19-11-13-21(14-12-19)32-20-9-5-2-6-10-20/h1-17H,(H,28,30,34). The van der Waals surface area contributed by atoms with E-state index in [-0.39, 0.29) is 10.7 Å².